The lowest BCUT2D eigenvalue weighted by Gasteiger charge is -2.18. The largest absolute Gasteiger partial charge is 0.389 e. The van der Waals surface area contributed by atoms with Crippen molar-refractivity contribution >= 4 is 5.91 Å². The van der Waals surface area contributed by atoms with Crippen LogP contribution in [0.3, 0.4) is 0 Å². The maximum atomic E-state index is 11.6. The van der Waals surface area contributed by atoms with Crippen molar-refractivity contribution in [3.63, 3.8) is 0 Å². The molecule has 0 spiro atoms. The zero-order valence-corrected chi connectivity index (χ0v) is 9.20. The molecule has 0 aromatic carbocycles. The van der Waals surface area contributed by atoms with Crippen LogP contribution < -0.4 is 16.6 Å². The topological polar surface area (TPSA) is 70.4 Å². The molecular formula is C10H20N4O. The first-order chi connectivity index (χ1) is 7.26. The average Bonchev–Trinajstić information content (AvgIpc) is 2.25. The summed E-state index contributed by atoms with van der Waals surface area (Å²) in [7, 11) is 0. The van der Waals surface area contributed by atoms with Crippen LogP contribution in [0.4, 0.5) is 0 Å². The number of nitrogens with two attached hydrogens (primary N) is 1. The fourth-order valence-electron chi connectivity index (χ4n) is 1.09. The highest BCUT2D eigenvalue weighted by Crippen LogP contribution is 1.93. The van der Waals surface area contributed by atoms with Gasteiger partial charge in [0.25, 0.3) is 0 Å². The normalized spacial score (nSPS) is 10.0. The number of nitrogens with one attached hydrogen (secondary N) is 2. The average molecular weight is 212 g/mol. The number of likely N-dealkylation sites (N-methyl/N-ethyl adjacent to an activating group) is 1. The molecule has 0 aromatic rings. The molecule has 0 aliphatic heterocycles. The Balaban J connectivity index is 3.70. The summed E-state index contributed by atoms with van der Waals surface area (Å²) in [6.45, 7) is 7.48. The summed E-state index contributed by atoms with van der Waals surface area (Å²) in [4.78, 5) is 13.3. The van der Waals surface area contributed by atoms with Gasteiger partial charge in [-0.2, -0.15) is 0 Å². The summed E-state index contributed by atoms with van der Waals surface area (Å²) in [5.41, 5.74) is 2.36. The number of amides is 1. The molecular weight excluding hydrogens is 192 g/mol. The van der Waals surface area contributed by atoms with Gasteiger partial charge in [0, 0.05) is 38.5 Å². The van der Waals surface area contributed by atoms with Gasteiger partial charge in [-0.15, -0.1) is 6.58 Å². The van der Waals surface area contributed by atoms with E-state index < -0.39 is 0 Å². The van der Waals surface area contributed by atoms with E-state index in [1.54, 1.807) is 23.4 Å². The molecule has 0 saturated carbocycles. The van der Waals surface area contributed by atoms with E-state index in [9.17, 15) is 4.79 Å². The molecule has 5 heteroatoms. The Morgan fingerprint density at radius 1 is 1.53 bits per heavy atom. The molecule has 0 atom stereocenters. The van der Waals surface area contributed by atoms with E-state index in [0.29, 0.717) is 26.1 Å². The third-order valence-corrected chi connectivity index (χ3v) is 1.86. The molecule has 0 aliphatic rings. The molecule has 0 heterocycles. The van der Waals surface area contributed by atoms with Gasteiger partial charge >= 0.3 is 0 Å². The van der Waals surface area contributed by atoms with Crippen molar-refractivity contribution in [2.45, 2.75) is 13.3 Å². The van der Waals surface area contributed by atoms with E-state index in [0.717, 1.165) is 0 Å². The molecule has 0 rings (SSSR count). The molecule has 0 aromatic heterocycles. The molecule has 0 saturated heterocycles. The van der Waals surface area contributed by atoms with Gasteiger partial charge in [0.2, 0.25) is 5.91 Å². The van der Waals surface area contributed by atoms with E-state index in [2.05, 4.69) is 17.3 Å². The molecule has 86 valence electrons. The van der Waals surface area contributed by atoms with Gasteiger partial charge in [-0.05, 0) is 6.92 Å². The molecule has 15 heavy (non-hydrogen) atoms. The Morgan fingerprint density at radius 3 is 2.80 bits per heavy atom. The minimum atomic E-state index is 0.124. The molecule has 0 aliphatic carbocycles. The molecule has 0 bridgehead atoms. The first-order valence-corrected chi connectivity index (χ1v) is 4.99. The Morgan fingerprint density at radius 2 is 2.27 bits per heavy atom. The van der Waals surface area contributed by atoms with Crippen molar-refractivity contribution in [3.05, 3.63) is 25.1 Å². The summed E-state index contributed by atoms with van der Waals surface area (Å²) in [5.74, 6) is 5.14. The maximum absolute atomic E-state index is 11.6. The van der Waals surface area contributed by atoms with Crippen molar-refractivity contribution in [2.75, 3.05) is 19.6 Å². The van der Waals surface area contributed by atoms with Gasteiger partial charge in [0.15, 0.2) is 0 Å². The van der Waals surface area contributed by atoms with Gasteiger partial charge < -0.3 is 15.6 Å². The second kappa shape index (κ2) is 9.08. The smallest absolute Gasteiger partial charge is 0.224 e. The van der Waals surface area contributed by atoms with Crippen LogP contribution in [0, 0.1) is 0 Å². The minimum absolute atomic E-state index is 0.124. The Hall–Kier alpha value is -1.49. The fourth-order valence-corrected chi connectivity index (χ4v) is 1.09. The maximum Gasteiger partial charge on any atom is 0.224 e. The van der Waals surface area contributed by atoms with Crippen LogP contribution in [-0.4, -0.2) is 30.4 Å². The third-order valence-electron chi connectivity index (χ3n) is 1.86. The summed E-state index contributed by atoms with van der Waals surface area (Å²) in [5, 5.41) is 2.94. The molecule has 0 radical (unpaired) electrons. The Bertz CT molecular complexity index is 215. The SMILES string of the molecule is C=CCN(CC)C(=O)CCN/C=C\NN. The molecule has 5 nitrogen and oxygen atoms in total. The lowest BCUT2D eigenvalue weighted by molar-refractivity contribution is -0.130. The number of hydrazine groups is 1. The molecule has 0 fully saturated rings. The lowest BCUT2D eigenvalue weighted by Crippen LogP contribution is -2.32. The van der Waals surface area contributed by atoms with Crippen LogP contribution in [0.25, 0.3) is 0 Å². The highest BCUT2D eigenvalue weighted by Gasteiger charge is 2.08. The molecule has 1 amide bonds. The van der Waals surface area contributed by atoms with Crippen molar-refractivity contribution in [1.29, 1.82) is 0 Å². The summed E-state index contributed by atoms with van der Waals surface area (Å²) in [6, 6.07) is 0. The Labute approximate surface area is 91.0 Å². The van der Waals surface area contributed by atoms with Gasteiger partial charge in [-0.25, -0.2) is 0 Å². The van der Waals surface area contributed by atoms with Crippen molar-refractivity contribution in [2.24, 2.45) is 5.84 Å². The first-order valence-electron chi connectivity index (χ1n) is 4.99. The van der Waals surface area contributed by atoms with Crippen LogP contribution in [0.5, 0.6) is 0 Å². The summed E-state index contributed by atoms with van der Waals surface area (Å²) in [6.07, 6.45) is 5.42. The second-order valence-electron chi connectivity index (χ2n) is 2.93. The minimum Gasteiger partial charge on any atom is -0.389 e. The second-order valence-corrected chi connectivity index (χ2v) is 2.93. The first kappa shape index (κ1) is 13.5. The van der Waals surface area contributed by atoms with Crippen molar-refractivity contribution < 1.29 is 4.79 Å². The number of hydrogen-bond acceptors (Lipinski definition) is 4. The van der Waals surface area contributed by atoms with Gasteiger partial charge in [-0.3, -0.25) is 10.6 Å². The lowest BCUT2D eigenvalue weighted by atomic mass is 10.3. The van der Waals surface area contributed by atoms with Crippen LogP contribution >= 0.6 is 0 Å². The van der Waals surface area contributed by atoms with Crippen molar-refractivity contribution in [3.8, 4) is 0 Å². The third kappa shape index (κ3) is 6.56. The van der Waals surface area contributed by atoms with Crippen LogP contribution in [0.1, 0.15) is 13.3 Å². The van der Waals surface area contributed by atoms with E-state index in [1.807, 2.05) is 6.92 Å². The van der Waals surface area contributed by atoms with E-state index in [4.69, 9.17) is 5.84 Å². The number of carbonyl (C=O) groups is 1. The highest BCUT2D eigenvalue weighted by molar-refractivity contribution is 5.76. The van der Waals surface area contributed by atoms with Crippen LogP contribution in [0.15, 0.2) is 25.1 Å². The van der Waals surface area contributed by atoms with Crippen LogP contribution in [-0.2, 0) is 4.79 Å². The molecule has 4 N–H and O–H groups in total. The summed E-state index contributed by atoms with van der Waals surface area (Å²) >= 11 is 0. The number of carbonyl (C=O) groups excluding carboxylic acids is 1. The summed E-state index contributed by atoms with van der Waals surface area (Å²) < 4.78 is 0. The molecule has 0 unspecified atom stereocenters. The predicted molar refractivity (Wildman–Crippen MR) is 61.5 cm³/mol. The van der Waals surface area contributed by atoms with Crippen LogP contribution in [0.2, 0.25) is 0 Å². The van der Waals surface area contributed by atoms with E-state index >= 15 is 0 Å². The zero-order chi connectivity index (χ0) is 11.5. The van der Waals surface area contributed by atoms with Gasteiger partial charge in [-0.1, -0.05) is 6.08 Å². The quantitative estimate of drug-likeness (QED) is 0.228. The standard InChI is InChI=1S/C10H20N4O/c1-3-9-14(4-2)10(15)5-6-12-7-8-13-11/h3,7-8,12-13H,1,4-6,9,11H2,2H3/b8-7-. The predicted octanol–water partition coefficient (Wildman–Crippen LogP) is -0.0649. The van der Waals surface area contributed by atoms with Gasteiger partial charge in [0.1, 0.15) is 0 Å². The highest BCUT2D eigenvalue weighted by atomic mass is 16.2. The monoisotopic (exact) mass is 212 g/mol. The zero-order valence-electron chi connectivity index (χ0n) is 9.20. The fraction of sp³-hybridized carbons (Fsp3) is 0.500. The number of rotatable bonds is 8. The number of hydrogen-bond donors (Lipinski definition) is 3. The van der Waals surface area contributed by atoms with E-state index in [-0.39, 0.29) is 5.91 Å². The van der Waals surface area contributed by atoms with Crippen molar-refractivity contribution in [1.82, 2.24) is 15.6 Å². The Kier molecular flexibility index (Phi) is 8.18. The van der Waals surface area contributed by atoms with E-state index in [1.165, 1.54) is 0 Å². The number of nitrogens with zero attached hydrogens (tertiary/aromatic N) is 1. The van der Waals surface area contributed by atoms with Gasteiger partial charge in [0.05, 0.1) is 0 Å².